The van der Waals surface area contributed by atoms with Gasteiger partial charge in [0.25, 0.3) is 0 Å². The largest absolute Gasteiger partial charge is 0.508 e. The van der Waals surface area contributed by atoms with Crippen LogP contribution in [0.15, 0.2) is 35.9 Å². The number of carbonyl (C=O) groups is 4. The molecule has 1 aromatic carbocycles. The predicted molar refractivity (Wildman–Crippen MR) is 142 cm³/mol. The maximum absolute atomic E-state index is 13.5. The van der Waals surface area contributed by atoms with Crippen LogP contribution in [0.5, 0.6) is 5.75 Å². The molecule has 0 radical (unpaired) electrons. The summed E-state index contributed by atoms with van der Waals surface area (Å²) in [6.07, 6.45) is 2.72. The van der Waals surface area contributed by atoms with E-state index >= 15 is 0 Å². The Bertz CT molecular complexity index is 1000. The molecule has 0 saturated carbocycles. The van der Waals surface area contributed by atoms with Gasteiger partial charge in [0.1, 0.15) is 23.9 Å². The number of likely N-dealkylation sites (N-methyl/N-ethyl adjacent to an activating group) is 1. The van der Waals surface area contributed by atoms with Crippen molar-refractivity contribution >= 4 is 23.6 Å². The highest BCUT2D eigenvalue weighted by Gasteiger charge is 2.34. The van der Waals surface area contributed by atoms with Gasteiger partial charge in [-0.1, -0.05) is 51.5 Å². The number of amides is 4. The molecule has 2 rings (SSSR count). The van der Waals surface area contributed by atoms with E-state index < -0.39 is 29.9 Å². The van der Waals surface area contributed by atoms with Gasteiger partial charge in [0.2, 0.25) is 23.6 Å². The third kappa shape index (κ3) is 8.61. The van der Waals surface area contributed by atoms with Crippen molar-refractivity contribution in [1.82, 2.24) is 20.9 Å². The monoisotopic (exact) mass is 514 g/mol. The Morgan fingerprint density at radius 1 is 0.973 bits per heavy atom. The summed E-state index contributed by atoms with van der Waals surface area (Å²) in [5, 5.41) is 18.2. The number of hydrogen-bond acceptors (Lipinski definition) is 5. The number of aromatic hydroxyl groups is 1. The molecular weight excluding hydrogens is 472 g/mol. The van der Waals surface area contributed by atoms with E-state index in [4.69, 9.17) is 0 Å². The lowest BCUT2D eigenvalue weighted by atomic mass is 9.97. The Morgan fingerprint density at radius 2 is 1.59 bits per heavy atom. The molecule has 1 aliphatic rings. The first-order valence-electron chi connectivity index (χ1n) is 12.9. The third-order valence-corrected chi connectivity index (χ3v) is 6.70. The number of carbonyl (C=O) groups excluding carboxylic acids is 4. The normalized spacial score (nSPS) is 28.6. The lowest BCUT2D eigenvalue weighted by molar-refractivity contribution is -0.142. The van der Waals surface area contributed by atoms with Gasteiger partial charge in [0.05, 0.1) is 0 Å². The number of allylic oxidation sites excluding steroid dienone is 1. The van der Waals surface area contributed by atoms with E-state index in [2.05, 4.69) is 16.0 Å². The van der Waals surface area contributed by atoms with E-state index in [-0.39, 0.29) is 41.7 Å². The van der Waals surface area contributed by atoms with Crippen LogP contribution in [0.1, 0.15) is 53.5 Å². The fourth-order valence-corrected chi connectivity index (χ4v) is 4.48. The van der Waals surface area contributed by atoms with E-state index in [1.54, 1.807) is 19.1 Å². The topological polar surface area (TPSA) is 128 Å². The highest BCUT2D eigenvalue weighted by molar-refractivity contribution is 5.94. The fraction of sp³-hybridized carbons (Fsp3) is 0.571. The van der Waals surface area contributed by atoms with Gasteiger partial charge in [-0.05, 0) is 49.8 Å². The molecule has 0 saturated heterocycles. The third-order valence-electron chi connectivity index (χ3n) is 6.70. The summed E-state index contributed by atoms with van der Waals surface area (Å²) < 4.78 is 0. The van der Waals surface area contributed by atoms with E-state index in [0.717, 1.165) is 11.1 Å². The Balaban J connectivity index is 2.44. The molecule has 9 heteroatoms. The van der Waals surface area contributed by atoms with Gasteiger partial charge in [-0.25, -0.2) is 0 Å². The highest BCUT2D eigenvalue weighted by atomic mass is 16.3. The van der Waals surface area contributed by atoms with Gasteiger partial charge in [-0.3, -0.25) is 19.2 Å². The molecular formula is C28H42N4O5. The van der Waals surface area contributed by atoms with Crippen LogP contribution < -0.4 is 16.0 Å². The molecule has 0 aliphatic carbocycles. The van der Waals surface area contributed by atoms with Crippen molar-refractivity contribution < 1.29 is 24.3 Å². The Kier molecular flexibility index (Phi) is 10.7. The zero-order valence-electron chi connectivity index (χ0n) is 23.0. The lowest BCUT2D eigenvalue weighted by Crippen LogP contribution is -2.58. The summed E-state index contributed by atoms with van der Waals surface area (Å²) in [6.45, 7) is 11.4. The van der Waals surface area contributed by atoms with Gasteiger partial charge >= 0.3 is 0 Å². The first-order valence-corrected chi connectivity index (χ1v) is 12.9. The summed E-state index contributed by atoms with van der Waals surface area (Å²) >= 11 is 0. The molecule has 4 N–H and O–H groups in total. The van der Waals surface area contributed by atoms with Crippen LogP contribution in [0.25, 0.3) is 0 Å². The van der Waals surface area contributed by atoms with E-state index in [9.17, 15) is 24.3 Å². The van der Waals surface area contributed by atoms with Gasteiger partial charge in [-0.15, -0.1) is 0 Å². The molecule has 9 nitrogen and oxygen atoms in total. The number of nitrogens with one attached hydrogen (secondary N) is 3. The SMILES string of the molecule is C/C1=C\[C@@H](C)CNC(=O)C(C(C)C)NC(=O)C(Cc2ccc(O)cc2)N(C)C(=O)[C@H](C)NC(=O)[C@H](C)C1. The van der Waals surface area contributed by atoms with Crippen LogP contribution in [-0.4, -0.2) is 65.4 Å². The van der Waals surface area contributed by atoms with E-state index in [1.807, 2.05) is 40.7 Å². The standard InChI is InChI=1S/C28H42N4O5/c1-16(2)24-27(36)29-15-18(4)12-17(3)13-19(5)25(34)30-20(6)28(37)32(7)23(26(35)31-24)14-21-8-10-22(33)11-9-21/h8-12,16,18-20,23-24,33H,13-15H2,1-7H3,(H,29,36)(H,30,34)(H,31,35)/b17-12+/t18-,19-,20+,23?,24?/m1/s1. The highest BCUT2D eigenvalue weighted by Crippen LogP contribution is 2.17. The number of phenols is 1. The molecule has 2 unspecified atom stereocenters. The van der Waals surface area contributed by atoms with Crippen LogP contribution in [0, 0.1) is 17.8 Å². The number of phenolic OH excluding ortho intramolecular Hbond substituents is 1. The summed E-state index contributed by atoms with van der Waals surface area (Å²) in [5.74, 6) is -1.84. The Labute approximate surface area is 220 Å². The van der Waals surface area contributed by atoms with Crippen molar-refractivity contribution in [1.29, 1.82) is 0 Å². The number of nitrogens with zero attached hydrogens (tertiary/aromatic N) is 1. The first-order chi connectivity index (χ1) is 17.3. The van der Waals surface area contributed by atoms with Gasteiger partial charge in [0, 0.05) is 25.9 Å². The summed E-state index contributed by atoms with van der Waals surface area (Å²) in [4.78, 5) is 54.1. The molecule has 204 valence electrons. The van der Waals surface area contributed by atoms with Crippen molar-refractivity contribution in [3.63, 3.8) is 0 Å². The predicted octanol–water partition coefficient (Wildman–Crippen LogP) is 2.15. The second-order valence-corrected chi connectivity index (χ2v) is 10.6. The molecule has 1 heterocycles. The fourth-order valence-electron chi connectivity index (χ4n) is 4.48. The Hall–Kier alpha value is -3.36. The average Bonchev–Trinajstić information content (AvgIpc) is 2.83. The van der Waals surface area contributed by atoms with Crippen molar-refractivity contribution in [2.75, 3.05) is 13.6 Å². The minimum absolute atomic E-state index is 0.0345. The quantitative estimate of drug-likeness (QED) is 0.460. The number of benzene rings is 1. The molecule has 0 bridgehead atoms. The molecule has 1 aliphatic heterocycles. The van der Waals surface area contributed by atoms with Crippen molar-refractivity contribution in [3.8, 4) is 5.75 Å². The van der Waals surface area contributed by atoms with Crippen LogP contribution in [0.4, 0.5) is 0 Å². The van der Waals surface area contributed by atoms with Gasteiger partial charge in [0.15, 0.2) is 0 Å². The number of rotatable bonds is 3. The molecule has 0 aromatic heterocycles. The minimum atomic E-state index is -0.943. The average molecular weight is 515 g/mol. The smallest absolute Gasteiger partial charge is 0.245 e. The van der Waals surface area contributed by atoms with E-state index in [1.165, 1.54) is 24.1 Å². The minimum Gasteiger partial charge on any atom is -0.508 e. The van der Waals surface area contributed by atoms with Crippen LogP contribution in [-0.2, 0) is 25.6 Å². The molecule has 37 heavy (non-hydrogen) atoms. The zero-order chi connectivity index (χ0) is 27.9. The van der Waals surface area contributed by atoms with Gasteiger partial charge < -0.3 is 26.0 Å². The molecule has 1 aromatic rings. The zero-order valence-corrected chi connectivity index (χ0v) is 23.0. The maximum Gasteiger partial charge on any atom is 0.245 e. The first kappa shape index (κ1) is 29.9. The van der Waals surface area contributed by atoms with Crippen LogP contribution in [0.2, 0.25) is 0 Å². The summed E-state index contributed by atoms with van der Waals surface area (Å²) in [6, 6.07) is 3.81. The number of hydrogen-bond donors (Lipinski definition) is 4. The summed E-state index contributed by atoms with van der Waals surface area (Å²) in [7, 11) is 1.52. The molecule has 0 spiro atoms. The van der Waals surface area contributed by atoms with Gasteiger partial charge in [-0.2, -0.15) is 0 Å². The van der Waals surface area contributed by atoms with Crippen LogP contribution >= 0.6 is 0 Å². The van der Waals surface area contributed by atoms with Crippen molar-refractivity contribution in [3.05, 3.63) is 41.5 Å². The Morgan fingerprint density at radius 3 is 2.19 bits per heavy atom. The molecule has 4 amide bonds. The molecule has 0 fully saturated rings. The lowest BCUT2D eigenvalue weighted by Gasteiger charge is -2.32. The summed E-state index contributed by atoms with van der Waals surface area (Å²) in [5.41, 5.74) is 1.75. The van der Waals surface area contributed by atoms with Crippen molar-refractivity contribution in [2.24, 2.45) is 17.8 Å². The molecule has 5 atom stereocenters. The van der Waals surface area contributed by atoms with Crippen LogP contribution in [0.3, 0.4) is 0 Å². The second kappa shape index (κ2) is 13.3. The maximum atomic E-state index is 13.5. The van der Waals surface area contributed by atoms with E-state index in [0.29, 0.717) is 13.0 Å². The second-order valence-electron chi connectivity index (χ2n) is 10.6. The van der Waals surface area contributed by atoms with Crippen molar-refractivity contribution in [2.45, 2.75) is 72.5 Å².